The molecule has 0 radical (unpaired) electrons. The zero-order chi connectivity index (χ0) is 23.8. The third kappa shape index (κ3) is 4.78. The SMILES string of the molecule is CCCOc1c(Cl)cc(-n2ccc3cc(OCC4(F)CN(S(C)(=O)=O)C4)ccc32)cc1C#N. The molecular weight excluding hydrogens is 469 g/mol. The van der Waals surface area contributed by atoms with E-state index in [-0.39, 0.29) is 19.7 Å². The predicted octanol–water partition coefficient (Wildman–Crippen LogP) is 4.31. The van der Waals surface area contributed by atoms with Gasteiger partial charge in [-0.15, -0.1) is 0 Å². The summed E-state index contributed by atoms with van der Waals surface area (Å²) in [4.78, 5) is 0. The van der Waals surface area contributed by atoms with Crippen molar-refractivity contribution in [2.75, 3.05) is 32.6 Å². The molecule has 2 aromatic carbocycles. The summed E-state index contributed by atoms with van der Waals surface area (Å²) < 4.78 is 51.8. The second-order valence-corrected chi connectivity index (χ2v) is 10.5. The van der Waals surface area contributed by atoms with Crippen LogP contribution in [0.4, 0.5) is 4.39 Å². The van der Waals surface area contributed by atoms with E-state index in [4.69, 9.17) is 21.1 Å². The quantitative estimate of drug-likeness (QED) is 0.469. The second-order valence-electron chi connectivity index (χ2n) is 8.14. The first-order valence-electron chi connectivity index (χ1n) is 10.4. The molecule has 0 spiro atoms. The van der Waals surface area contributed by atoms with E-state index in [1.807, 2.05) is 29.8 Å². The number of alkyl halides is 1. The molecular formula is C23H23ClFN3O4S. The van der Waals surface area contributed by atoms with Crippen LogP contribution in [-0.2, 0) is 10.0 Å². The first-order chi connectivity index (χ1) is 15.6. The summed E-state index contributed by atoms with van der Waals surface area (Å²) in [6.45, 7) is 1.80. The van der Waals surface area contributed by atoms with Crippen molar-refractivity contribution in [3.63, 3.8) is 0 Å². The first kappa shape index (κ1) is 23.4. The molecule has 0 unspecified atom stereocenters. The number of hydrogen-bond donors (Lipinski definition) is 0. The van der Waals surface area contributed by atoms with Crippen LogP contribution in [0.2, 0.25) is 5.02 Å². The Bertz CT molecular complexity index is 1340. The highest BCUT2D eigenvalue weighted by Crippen LogP contribution is 2.34. The van der Waals surface area contributed by atoms with Crippen LogP contribution in [0.15, 0.2) is 42.6 Å². The monoisotopic (exact) mass is 491 g/mol. The molecule has 1 fully saturated rings. The lowest BCUT2D eigenvalue weighted by molar-refractivity contribution is -0.0169. The Morgan fingerprint density at radius 3 is 2.64 bits per heavy atom. The Morgan fingerprint density at radius 1 is 1.21 bits per heavy atom. The van der Waals surface area contributed by atoms with E-state index < -0.39 is 15.7 Å². The van der Waals surface area contributed by atoms with Crippen molar-refractivity contribution >= 4 is 32.5 Å². The minimum absolute atomic E-state index is 0.204. The number of rotatable bonds is 8. The predicted molar refractivity (Wildman–Crippen MR) is 125 cm³/mol. The van der Waals surface area contributed by atoms with Crippen LogP contribution in [0.3, 0.4) is 0 Å². The molecule has 0 bridgehead atoms. The highest BCUT2D eigenvalue weighted by Gasteiger charge is 2.48. The summed E-state index contributed by atoms with van der Waals surface area (Å²) in [7, 11) is -3.39. The topological polar surface area (TPSA) is 84.6 Å². The van der Waals surface area contributed by atoms with E-state index in [1.54, 1.807) is 24.3 Å². The Labute approximate surface area is 196 Å². The number of ether oxygens (including phenoxy) is 2. The van der Waals surface area contributed by atoms with E-state index in [1.165, 1.54) is 0 Å². The maximum atomic E-state index is 14.6. The number of nitriles is 1. The smallest absolute Gasteiger partial charge is 0.211 e. The summed E-state index contributed by atoms with van der Waals surface area (Å²) in [6.07, 6.45) is 3.71. The fraction of sp³-hybridized carbons (Fsp3) is 0.348. The van der Waals surface area contributed by atoms with Gasteiger partial charge in [-0.2, -0.15) is 9.57 Å². The van der Waals surface area contributed by atoms with Gasteiger partial charge in [-0.1, -0.05) is 18.5 Å². The van der Waals surface area contributed by atoms with Gasteiger partial charge in [-0.05, 0) is 42.8 Å². The molecule has 0 atom stereocenters. The number of sulfonamides is 1. The van der Waals surface area contributed by atoms with E-state index in [0.29, 0.717) is 34.4 Å². The summed E-state index contributed by atoms with van der Waals surface area (Å²) in [5.41, 5.74) is 0.217. The van der Waals surface area contributed by atoms with Crippen molar-refractivity contribution in [1.29, 1.82) is 5.26 Å². The first-order valence-corrected chi connectivity index (χ1v) is 12.6. The van der Waals surface area contributed by atoms with Crippen LogP contribution in [0.5, 0.6) is 11.5 Å². The maximum Gasteiger partial charge on any atom is 0.211 e. The molecule has 7 nitrogen and oxygen atoms in total. The van der Waals surface area contributed by atoms with Gasteiger partial charge in [-0.25, -0.2) is 12.8 Å². The number of benzene rings is 2. The summed E-state index contributed by atoms with van der Waals surface area (Å²) in [5, 5.41) is 10.8. The fourth-order valence-electron chi connectivity index (χ4n) is 3.71. The van der Waals surface area contributed by atoms with E-state index in [0.717, 1.165) is 27.9 Å². The molecule has 0 amide bonds. The summed E-state index contributed by atoms with van der Waals surface area (Å²) >= 11 is 6.40. The Morgan fingerprint density at radius 2 is 1.97 bits per heavy atom. The lowest BCUT2D eigenvalue weighted by atomic mass is 10.0. The van der Waals surface area contributed by atoms with Gasteiger partial charge in [0.15, 0.2) is 11.4 Å². The van der Waals surface area contributed by atoms with Crippen molar-refractivity contribution in [1.82, 2.24) is 8.87 Å². The molecule has 1 aliphatic rings. The van der Waals surface area contributed by atoms with Gasteiger partial charge in [-0.3, -0.25) is 0 Å². The van der Waals surface area contributed by atoms with Crippen molar-refractivity contribution in [2.24, 2.45) is 0 Å². The zero-order valence-electron chi connectivity index (χ0n) is 18.2. The molecule has 2 heterocycles. The van der Waals surface area contributed by atoms with Gasteiger partial charge >= 0.3 is 0 Å². The third-order valence-corrected chi connectivity index (χ3v) is 6.90. The molecule has 4 rings (SSSR count). The van der Waals surface area contributed by atoms with Crippen LogP contribution in [0, 0.1) is 11.3 Å². The minimum Gasteiger partial charge on any atom is -0.491 e. The van der Waals surface area contributed by atoms with Crippen molar-refractivity contribution < 1.29 is 22.3 Å². The largest absolute Gasteiger partial charge is 0.491 e. The van der Waals surface area contributed by atoms with Crippen LogP contribution in [-0.4, -0.2) is 55.5 Å². The highest BCUT2D eigenvalue weighted by atomic mass is 35.5. The molecule has 33 heavy (non-hydrogen) atoms. The highest BCUT2D eigenvalue weighted by molar-refractivity contribution is 7.88. The van der Waals surface area contributed by atoms with Crippen molar-refractivity contribution in [3.05, 3.63) is 53.2 Å². The number of halogens is 2. The number of aromatic nitrogens is 1. The fourth-order valence-corrected chi connectivity index (χ4v) is 4.91. The maximum absolute atomic E-state index is 14.6. The zero-order valence-corrected chi connectivity index (χ0v) is 19.8. The molecule has 10 heteroatoms. The molecule has 0 N–H and O–H groups in total. The van der Waals surface area contributed by atoms with Crippen LogP contribution in [0.1, 0.15) is 18.9 Å². The van der Waals surface area contributed by atoms with Crippen molar-refractivity contribution in [2.45, 2.75) is 19.0 Å². The molecule has 3 aromatic rings. The van der Waals surface area contributed by atoms with E-state index >= 15 is 0 Å². The molecule has 1 aromatic heterocycles. The van der Waals surface area contributed by atoms with E-state index in [9.17, 15) is 18.1 Å². The summed E-state index contributed by atoms with van der Waals surface area (Å²) in [5.74, 6) is 0.858. The normalized spacial score (nSPS) is 15.7. The van der Waals surface area contributed by atoms with E-state index in [2.05, 4.69) is 6.07 Å². The van der Waals surface area contributed by atoms with Gasteiger partial charge in [0, 0.05) is 17.3 Å². The average molecular weight is 492 g/mol. The summed E-state index contributed by atoms with van der Waals surface area (Å²) in [6, 6.07) is 12.8. The average Bonchev–Trinajstić information content (AvgIpc) is 3.17. The van der Waals surface area contributed by atoms with Gasteiger partial charge in [0.2, 0.25) is 10.0 Å². The lowest BCUT2D eigenvalue weighted by Crippen LogP contribution is -2.63. The van der Waals surface area contributed by atoms with Gasteiger partial charge in [0.25, 0.3) is 0 Å². The van der Waals surface area contributed by atoms with Gasteiger partial charge in [0.05, 0.1) is 42.1 Å². The molecule has 1 saturated heterocycles. The van der Waals surface area contributed by atoms with Crippen LogP contribution >= 0.6 is 11.6 Å². The molecule has 1 aliphatic heterocycles. The minimum atomic E-state index is -3.39. The number of nitrogens with zero attached hydrogens (tertiary/aromatic N) is 3. The van der Waals surface area contributed by atoms with Gasteiger partial charge in [0.1, 0.15) is 18.4 Å². The van der Waals surface area contributed by atoms with Crippen LogP contribution in [0.25, 0.3) is 16.6 Å². The Kier molecular flexibility index (Phi) is 6.27. The molecule has 174 valence electrons. The van der Waals surface area contributed by atoms with Crippen molar-refractivity contribution in [3.8, 4) is 23.3 Å². The van der Waals surface area contributed by atoms with Crippen LogP contribution < -0.4 is 9.47 Å². The standard InChI is InChI=1S/C23H23ClFN3O4S/c1-3-8-31-22-17(12-26)9-18(11-20(22)24)28-7-6-16-10-19(4-5-21(16)28)32-15-23(25)13-27(14-23)33(2,29)30/h4-7,9-11H,3,8,13-15H2,1-2H3. The number of hydrogen-bond acceptors (Lipinski definition) is 5. The second kappa shape index (κ2) is 8.86. The molecule has 0 aliphatic carbocycles. The number of fused-ring (bicyclic) bond motifs is 1. The lowest BCUT2D eigenvalue weighted by Gasteiger charge is -2.42. The molecule has 0 saturated carbocycles. The Balaban J connectivity index is 1.53. The van der Waals surface area contributed by atoms with Gasteiger partial charge < -0.3 is 14.0 Å². The Hall–Kier alpha value is -2.80. The third-order valence-electron chi connectivity index (χ3n) is 5.43.